The van der Waals surface area contributed by atoms with Gasteiger partial charge in [0.25, 0.3) is 0 Å². The highest BCUT2D eigenvalue weighted by Gasteiger charge is 2.20. The number of thiocarbonyl (C=S) groups is 1. The van der Waals surface area contributed by atoms with Crippen molar-refractivity contribution in [1.82, 2.24) is 5.06 Å². The molecule has 11 heavy (non-hydrogen) atoms. The molecule has 0 aromatic rings. The van der Waals surface area contributed by atoms with Gasteiger partial charge < -0.3 is 4.74 Å². The van der Waals surface area contributed by atoms with E-state index in [0.29, 0.717) is 11.7 Å². The monoisotopic (exact) mass is 175 g/mol. The van der Waals surface area contributed by atoms with Crippen LogP contribution in [-0.2, 0) is 9.57 Å². The van der Waals surface area contributed by atoms with E-state index in [0.717, 1.165) is 13.0 Å². The molecular weight excluding hydrogens is 162 g/mol. The second-order valence-electron chi connectivity index (χ2n) is 2.67. The molecule has 1 saturated heterocycles. The molecule has 0 amide bonds. The summed E-state index contributed by atoms with van der Waals surface area (Å²) >= 11 is 4.77. The van der Waals surface area contributed by atoms with Crippen molar-refractivity contribution in [2.24, 2.45) is 0 Å². The highest BCUT2D eigenvalue weighted by Crippen LogP contribution is 2.11. The standard InChI is InChI=1S/C7H13NO2S/c1-6(11)9-5-7-3-4-8(2)10-7/h7H,3-5H2,1-2H3. The van der Waals surface area contributed by atoms with Gasteiger partial charge in [0.05, 0.1) is 0 Å². The molecule has 0 radical (unpaired) electrons. The van der Waals surface area contributed by atoms with Gasteiger partial charge in [-0.05, 0) is 18.6 Å². The Kier molecular flexibility index (Phi) is 3.23. The van der Waals surface area contributed by atoms with Crippen LogP contribution in [0.5, 0.6) is 0 Å². The van der Waals surface area contributed by atoms with Gasteiger partial charge in [0.1, 0.15) is 12.7 Å². The summed E-state index contributed by atoms with van der Waals surface area (Å²) in [6.07, 6.45) is 1.22. The lowest BCUT2D eigenvalue weighted by atomic mass is 10.3. The van der Waals surface area contributed by atoms with Crippen LogP contribution < -0.4 is 0 Å². The van der Waals surface area contributed by atoms with Crippen molar-refractivity contribution in [3.8, 4) is 0 Å². The van der Waals surface area contributed by atoms with Gasteiger partial charge in [-0.2, -0.15) is 5.06 Å². The minimum Gasteiger partial charge on any atom is -0.485 e. The van der Waals surface area contributed by atoms with Crippen LogP contribution in [-0.4, -0.2) is 36.4 Å². The zero-order valence-electron chi connectivity index (χ0n) is 6.87. The van der Waals surface area contributed by atoms with Crippen molar-refractivity contribution in [3.63, 3.8) is 0 Å². The van der Waals surface area contributed by atoms with E-state index in [1.807, 2.05) is 12.1 Å². The summed E-state index contributed by atoms with van der Waals surface area (Å²) < 4.78 is 5.15. The number of hydrogen-bond acceptors (Lipinski definition) is 4. The molecule has 0 aromatic heterocycles. The van der Waals surface area contributed by atoms with E-state index in [1.165, 1.54) is 0 Å². The maximum Gasteiger partial charge on any atom is 0.156 e. The lowest BCUT2D eigenvalue weighted by Crippen LogP contribution is -2.18. The third-order valence-corrected chi connectivity index (χ3v) is 1.69. The highest BCUT2D eigenvalue weighted by molar-refractivity contribution is 7.80. The van der Waals surface area contributed by atoms with Crippen molar-refractivity contribution in [3.05, 3.63) is 0 Å². The average molecular weight is 175 g/mol. The van der Waals surface area contributed by atoms with E-state index in [2.05, 4.69) is 0 Å². The van der Waals surface area contributed by atoms with Gasteiger partial charge in [-0.15, -0.1) is 0 Å². The summed E-state index contributed by atoms with van der Waals surface area (Å²) in [6.45, 7) is 3.33. The summed E-state index contributed by atoms with van der Waals surface area (Å²) in [4.78, 5) is 5.36. The van der Waals surface area contributed by atoms with Crippen molar-refractivity contribution in [2.75, 3.05) is 20.2 Å². The molecule has 3 nitrogen and oxygen atoms in total. The predicted octanol–water partition coefficient (Wildman–Crippen LogP) is 0.986. The van der Waals surface area contributed by atoms with E-state index in [-0.39, 0.29) is 6.10 Å². The lowest BCUT2D eigenvalue weighted by Gasteiger charge is -2.11. The van der Waals surface area contributed by atoms with Crippen molar-refractivity contribution >= 4 is 17.3 Å². The molecule has 1 unspecified atom stereocenters. The first-order valence-corrected chi connectivity index (χ1v) is 4.10. The van der Waals surface area contributed by atoms with Crippen molar-refractivity contribution in [1.29, 1.82) is 0 Å². The van der Waals surface area contributed by atoms with E-state index in [1.54, 1.807) is 6.92 Å². The zero-order valence-corrected chi connectivity index (χ0v) is 7.69. The maximum atomic E-state index is 5.36. The van der Waals surface area contributed by atoms with Crippen molar-refractivity contribution < 1.29 is 9.57 Å². The molecule has 0 aliphatic carbocycles. The van der Waals surface area contributed by atoms with Crippen LogP contribution in [0.15, 0.2) is 0 Å². The minimum absolute atomic E-state index is 0.192. The molecule has 1 atom stereocenters. The second-order valence-corrected chi connectivity index (χ2v) is 3.25. The number of hydroxylamine groups is 2. The van der Waals surface area contributed by atoms with Gasteiger partial charge in [0.15, 0.2) is 5.05 Å². The first-order chi connectivity index (χ1) is 5.18. The molecule has 1 heterocycles. The first kappa shape index (κ1) is 8.90. The van der Waals surface area contributed by atoms with Crippen LogP contribution in [0.1, 0.15) is 13.3 Å². The minimum atomic E-state index is 0.192. The van der Waals surface area contributed by atoms with Gasteiger partial charge in [-0.25, -0.2) is 0 Å². The lowest BCUT2D eigenvalue weighted by molar-refractivity contribution is -0.135. The molecular formula is C7H13NO2S. The van der Waals surface area contributed by atoms with E-state index >= 15 is 0 Å². The zero-order chi connectivity index (χ0) is 8.27. The fraction of sp³-hybridized carbons (Fsp3) is 0.857. The molecule has 64 valence electrons. The van der Waals surface area contributed by atoms with Crippen LogP contribution in [0.2, 0.25) is 0 Å². The average Bonchev–Trinajstić information content (AvgIpc) is 2.31. The Hall–Kier alpha value is -0.190. The van der Waals surface area contributed by atoms with Gasteiger partial charge in [-0.3, -0.25) is 4.84 Å². The smallest absolute Gasteiger partial charge is 0.156 e. The number of ether oxygens (including phenoxy) is 1. The summed E-state index contributed by atoms with van der Waals surface area (Å²) in [5.41, 5.74) is 0. The van der Waals surface area contributed by atoms with E-state index in [9.17, 15) is 0 Å². The normalized spacial score (nSPS) is 25.5. The topological polar surface area (TPSA) is 21.7 Å². The fourth-order valence-electron chi connectivity index (χ4n) is 1.01. The molecule has 1 fully saturated rings. The Bertz CT molecular complexity index is 151. The van der Waals surface area contributed by atoms with E-state index in [4.69, 9.17) is 21.8 Å². The quantitative estimate of drug-likeness (QED) is 0.583. The van der Waals surface area contributed by atoms with Crippen LogP contribution in [0.4, 0.5) is 0 Å². The fourth-order valence-corrected chi connectivity index (χ4v) is 1.08. The van der Waals surface area contributed by atoms with Crippen molar-refractivity contribution in [2.45, 2.75) is 19.4 Å². The van der Waals surface area contributed by atoms with Crippen LogP contribution in [0.3, 0.4) is 0 Å². The van der Waals surface area contributed by atoms with Gasteiger partial charge in [0.2, 0.25) is 0 Å². The SMILES string of the molecule is CC(=S)OCC1CCN(C)O1. The number of hydrogen-bond donors (Lipinski definition) is 0. The number of rotatable bonds is 2. The second kappa shape index (κ2) is 3.99. The molecule has 0 N–H and O–H groups in total. The Balaban J connectivity index is 2.13. The molecule has 1 aliphatic rings. The molecule has 1 aliphatic heterocycles. The molecule has 4 heteroatoms. The van der Waals surface area contributed by atoms with E-state index < -0.39 is 0 Å². The molecule has 0 bridgehead atoms. The van der Waals surface area contributed by atoms with Crippen LogP contribution in [0.25, 0.3) is 0 Å². The third-order valence-electron chi connectivity index (χ3n) is 1.57. The Morgan fingerprint density at radius 1 is 1.82 bits per heavy atom. The molecule has 0 saturated carbocycles. The van der Waals surface area contributed by atoms with Gasteiger partial charge in [0, 0.05) is 20.5 Å². The summed E-state index contributed by atoms with van der Waals surface area (Å²) in [5.74, 6) is 0. The number of nitrogens with zero attached hydrogens (tertiary/aromatic N) is 1. The highest BCUT2D eigenvalue weighted by atomic mass is 32.1. The Morgan fingerprint density at radius 2 is 2.55 bits per heavy atom. The van der Waals surface area contributed by atoms with Crippen LogP contribution >= 0.6 is 12.2 Å². The van der Waals surface area contributed by atoms with Gasteiger partial charge >= 0.3 is 0 Å². The summed E-state index contributed by atoms with van der Waals surface area (Å²) in [5, 5.41) is 2.41. The summed E-state index contributed by atoms with van der Waals surface area (Å²) in [6, 6.07) is 0. The third kappa shape index (κ3) is 3.14. The first-order valence-electron chi connectivity index (χ1n) is 3.70. The summed E-state index contributed by atoms with van der Waals surface area (Å²) in [7, 11) is 1.92. The van der Waals surface area contributed by atoms with Gasteiger partial charge in [-0.1, -0.05) is 0 Å². The largest absolute Gasteiger partial charge is 0.485 e. The molecule has 0 spiro atoms. The van der Waals surface area contributed by atoms with Crippen LogP contribution in [0, 0.1) is 0 Å². The molecule has 0 aromatic carbocycles. The maximum absolute atomic E-state index is 5.36. The molecule has 1 rings (SSSR count). The Labute approximate surface area is 72.2 Å². The Morgan fingerprint density at radius 3 is 3.00 bits per heavy atom. The predicted molar refractivity (Wildman–Crippen MR) is 46.3 cm³/mol.